The summed E-state index contributed by atoms with van der Waals surface area (Å²) in [5.74, 6) is 1.73. The van der Waals surface area contributed by atoms with Crippen molar-refractivity contribution in [2.24, 2.45) is 11.7 Å². The van der Waals surface area contributed by atoms with Crippen molar-refractivity contribution in [3.8, 4) is 5.75 Å². The number of hydrogen-bond donors (Lipinski definition) is 2. The molecule has 1 aromatic carbocycles. The maximum absolute atomic E-state index is 12.1. The second-order valence-electron chi connectivity index (χ2n) is 6.00. The van der Waals surface area contributed by atoms with Crippen LogP contribution in [0.1, 0.15) is 25.7 Å². The molecule has 0 bridgehead atoms. The molecule has 1 atom stereocenters. The summed E-state index contributed by atoms with van der Waals surface area (Å²) in [5.41, 5.74) is 5.22. The van der Waals surface area contributed by atoms with Gasteiger partial charge in [-0.3, -0.25) is 10.1 Å². The number of benzene rings is 1. The van der Waals surface area contributed by atoms with Crippen molar-refractivity contribution in [2.45, 2.75) is 42.2 Å². The summed E-state index contributed by atoms with van der Waals surface area (Å²) in [6, 6.07) is 8.42. The van der Waals surface area contributed by atoms with Gasteiger partial charge in [-0.25, -0.2) is 0 Å². The Morgan fingerprint density at radius 2 is 2.19 bits per heavy atom. The van der Waals surface area contributed by atoms with Gasteiger partial charge in [0, 0.05) is 16.7 Å². The third kappa shape index (κ3) is 3.35. The van der Waals surface area contributed by atoms with Gasteiger partial charge in [0.05, 0.1) is 7.11 Å². The molecule has 114 valence electrons. The molecule has 2 fully saturated rings. The van der Waals surface area contributed by atoms with E-state index in [1.165, 1.54) is 0 Å². The first-order valence-corrected chi connectivity index (χ1v) is 8.47. The molecule has 0 aromatic heterocycles. The molecule has 0 radical (unpaired) electrons. The minimum absolute atomic E-state index is 0.202. The average molecular weight is 306 g/mol. The molecule has 0 saturated heterocycles. The first-order chi connectivity index (χ1) is 10.1. The molecule has 3 rings (SSSR count). The molecule has 5 heteroatoms. The van der Waals surface area contributed by atoms with Crippen molar-refractivity contribution in [1.29, 1.82) is 0 Å². The summed E-state index contributed by atoms with van der Waals surface area (Å²) in [5, 5.41) is 3.54. The maximum atomic E-state index is 12.1. The van der Waals surface area contributed by atoms with E-state index in [-0.39, 0.29) is 5.91 Å². The summed E-state index contributed by atoms with van der Waals surface area (Å²) in [6.07, 6.45) is 4.51. The Labute approximate surface area is 129 Å². The minimum Gasteiger partial charge on any atom is -0.497 e. The Morgan fingerprint density at radius 3 is 2.76 bits per heavy atom. The molecule has 2 aliphatic carbocycles. The van der Waals surface area contributed by atoms with E-state index >= 15 is 0 Å². The lowest BCUT2D eigenvalue weighted by molar-refractivity contribution is -0.124. The van der Waals surface area contributed by atoms with Crippen molar-refractivity contribution >= 4 is 17.7 Å². The van der Waals surface area contributed by atoms with Crippen LogP contribution in [0.3, 0.4) is 0 Å². The summed E-state index contributed by atoms with van der Waals surface area (Å²) in [4.78, 5) is 13.2. The van der Waals surface area contributed by atoms with Crippen LogP contribution in [-0.4, -0.2) is 30.4 Å². The van der Waals surface area contributed by atoms with Gasteiger partial charge in [-0.15, -0.1) is 11.8 Å². The predicted octanol–water partition coefficient (Wildman–Crippen LogP) is 2.17. The first kappa shape index (κ1) is 14.7. The van der Waals surface area contributed by atoms with E-state index in [0.717, 1.165) is 36.3 Å². The molecule has 1 aromatic rings. The van der Waals surface area contributed by atoms with Crippen molar-refractivity contribution in [3.63, 3.8) is 0 Å². The van der Waals surface area contributed by atoms with Gasteiger partial charge < -0.3 is 10.5 Å². The Balaban J connectivity index is 1.72. The molecule has 0 spiro atoms. The average Bonchev–Trinajstić information content (AvgIpc) is 3.36. The van der Waals surface area contributed by atoms with Gasteiger partial charge >= 0.3 is 0 Å². The Hall–Kier alpha value is -1.20. The van der Waals surface area contributed by atoms with Gasteiger partial charge in [-0.2, -0.15) is 0 Å². The van der Waals surface area contributed by atoms with E-state index in [1.54, 1.807) is 18.9 Å². The van der Waals surface area contributed by atoms with Gasteiger partial charge in [-0.05, 0) is 49.8 Å². The minimum atomic E-state index is -0.547. The number of nitrogens with two attached hydrogens (primary N) is 1. The molecule has 3 N–H and O–H groups in total. The normalized spacial score (nSPS) is 20.8. The van der Waals surface area contributed by atoms with E-state index < -0.39 is 5.54 Å². The molecule has 1 unspecified atom stereocenters. The van der Waals surface area contributed by atoms with Gasteiger partial charge in [-0.1, -0.05) is 6.07 Å². The summed E-state index contributed by atoms with van der Waals surface area (Å²) in [6.45, 7) is 0. The lowest BCUT2D eigenvalue weighted by atomic mass is 9.94. The van der Waals surface area contributed by atoms with Crippen molar-refractivity contribution < 1.29 is 9.53 Å². The second-order valence-corrected chi connectivity index (χ2v) is 7.04. The second kappa shape index (κ2) is 5.89. The molecule has 0 heterocycles. The first-order valence-electron chi connectivity index (χ1n) is 7.48. The molecule has 2 saturated carbocycles. The zero-order chi connectivity index (χ0) is 14.9. The molecule has 4 nitrogen and oxygen atoms in total. The zero-order valence-corrected chi connectivity index (χ0v) is 13.1. The van der Waals surface area contributed by atoms with Gasteiger partial charge in [0.1, 0.15) is 11.3 Å². The Kier molecular flexibility index (Phi) is 4.13. The fourth-order valence-electron chi connectivity index (χ4n) is 2.68. The standard InChI is InChI=1S/C16H22N2O2S/c1-20-13-3-2-4-14(9-13)21-10-16(15(17)19,11-5-6-11)18-12-7-8-12/h2-4,9,11-12,18H,5-8,10H2,1H3,(H2,17,19). The third-order valence-electron chi connectivity index (χ3n) is 4.26. The van der Waals surface area contributed by atoms with E-state index in [4.69, 9.17) is 10.5 Å². The van der Waals surface area contributed by atoms with Crippen molar-refractivity contribution in [3.05, 3.63) is 24.3 Å². The highest BCUT2D eigenvalue weighted by atomic mass is 32.2. The van der Waals surface area contributed by atoms with Crippen LogP contribution < -0.4 is 15.8 Å². The van der Waals surface area contributed by atoms with Crippen LogP contribution in [0.4, 0.5) is 0 Å². The number of amides is 1. The third-order valence-corrected chi connectivity index (χ3v) is 5.45. The maximum Gasteiger partial charge on any atom is 0.238 e. The number of carbonyl (C=O) groups excluding carboxylic acids is 1. The number of methoxy groups -OCH3 is 1. The molecule has 2 aliphatic rings. The van der Waals surface area contributed by atoms with Gasteiger partial charge in [0.25, 0.3) is 0 Å². The monoisotopic (exact) mass is 306 g/mol. The number of thioether (sulfide) groups is 1. The summed E-state index contributed by atoms with van der Waals surface area (Å²) in [7, 11) is 1.66. The van der Waals surface area contributed by atoms with Crippen LogP contribution in [0.2, 0.25) is 0 Å². The highest BCUT2D eigenvalue weighted by Crippen LogP contribution is 2.44. The highest BCUT2D eigenvalue weighted by molar-refractivity contribution is 7.99. The van der Waals surface area contributed by atoms with E-state index in [0.29, 0.717) is 17.7 Å². The van der Waals surface area contributed by atoms with Crippen molar-refractivity contribution in [2.75, 3.05) is 12.9 Å². The smallest absolute Gasteiger partial charge is 0.238 e. The lowest BCUT2D eigenvalue weighted by Crippen LogP contribution is -2.60. The van der Waals surface area contributed by atoms with Crippen LogP contribution in [0.15, 0.2) is 29.2 Å². The van der Waals surface area contributed by atoms with Crippen LogP contribution in [-0.2, 0) is 4.79 Å². The fourth-order valence-corrected chi connectivity index (χ4v) is 3.91. The number of hydrogen-bond acceptors (Lipinski definition) is 4. The highest BCUT2D eigenvalue weighted by Gasteiger charge is 2.51. The number of ether oxygens (including phenoxy) is 1. The number of rotatable bonds is 8. The summed E-state index contributed by atoms with van der Waals surface area (Å²) < 4.78 is 5.25. The predicted molar refractivity (Wildman–Crippen MR) is 84.5 cm³/mol. The van der Waals surface area contributed by atoms with Crippen molar-refractivity contribution in [1.82, 2.24) is 5.32 Å². The van der Waals surface area contributed by atoms with Crippen LogP contribution in [0.25, 0.3) is 0 Å². The molecular weight excluding hydrogens is 284 g/mol. The quantitative estimate of drug-likeness (QED) is 0.723. The Bertz CT molecular complexity index is 529. The number of nitrogens with one attached hydrogen (secondary N) is 1. The molecule has 1 amide bonds. The van der Waals surface area contributed by atoms with E-state index in [1.807, 2.05) is 24.3 Å². The number of primary amides is 1. The number of carbonyl (C=O) groups is 1. The SMILES string of the molecule is COc1cccc(SCC(NC2CC2)(C(N)=O)C2CC2)c1. The molecule has 21 heavy (non-hydrogen) atoms. The molecular formula is C16H22N2O2S. The van der Waals surface area contributed by atoms with Crippen LogP contribution >= 0.6 is 11.8 Å². The fraction of sp³-hybridized carbons (Fsp3) is 0.562. The molecule has 0 aliphatic heterocycles. The van der Waals surface area contributed by atoms with Gasteiger partial charge in [0.2, 0.25) is 5.91 Å². The van der Waals surface area contributed by atoms with Crippen LogP contribution in [0.5, 0.6) is 5.75 Å². The van der Waals surface area contributed by atoms with Crippen LogP contribution in [0, 0.1) is 5.92 Å². The topological polar surface area (TPSA) is 64.3 Å². The zero-order valence-electron chi connectivity index (χ0n) is 12.3. The lowest BCUT2D eigenvalue weighted by Gasteiger charge is -2.32. The van der Waals surface area contributed by atoms with E-state index in [2.05, 4.69) is 5.32 Å². The van der Waals surface area contributed by atoms with Gasteiger partial charge in [0.15, 0.2) is 0 Å². The van der Waals surface area contributed by atoms with E-state index in [9.17, 15) is 4.79 Å². The Morgan fingerprint density at radius 1 is 1.43 bits per heavy atom. The largest absolute Gasteiger partial charge is 0.497 e. The summed E-state index contributed by atoms with van der Waals surface area (Å²) >= 11 is 1.68.